The van der Waals surface area contributed by atoms with Gasteiger partial charge in [0.25, 0.3) is 0 Å². The molecule has 0 aromatic heterocycles. The topological polar surface area (TPSA) is 40.6 Å². The van der Waals surface area contributed by atoms with Gasteiger partial charge in [0.1, 0.15) is 0 Å². The summed E-state index contributed by atoms with van der Waals surface area (Å²) in [5.41, 5.74) is 1.09. The van der Waals surface area contributed by atoms with Crippen molar-refractivity contribution in [3.8, 4) is 0 Å². The van der Waals surface area contributed by atoms with Crippen LogP contribution in [0.25, 0.3) is 0 Å². The van der Waals surface area contributed by atoms with Gasteiger partial charge in [-0.3, -0.25) is 9.59 Å². The number of benzene rings is 1. The van der Waals surface area contributed by atoms with E-state index in [9.17, 15) is 9.59 Å². The summed E-state index contributed by atoms with van der Waals surface area (Å²) in [5, 5.41) is 0.765. The molecule has 2 aliphatic rings. The predicted molar refractivity (Wildman–Crippen MR) is 99.6 cm³/mol. The van der Waals surface area contributed by atoms with Crippen LogP contribution >= 0.6 is 11.6 Å². The molecule has 2 amide bonds. The Morgan fingerprint density at radius 2 is 1.88 bits per heavy atom. The Balaban J connectivity index is 1.62. The first-order chi connectivity index (χ1) is 12.1. The van der Waals surface area contributed by atoms with Gasteiger partial charge in [0.2, 0.25) is 11.8 Å². The monoisotopic (exact) mass is 362 g/mol. The summed E-state index contributed by atoms with van der Waals surface area (Å²) < 4.78 is 0. The molecule has 136 valence electrons. The van der Waals surface area contributed by atoms with E-state index in [4.69, 9.17) is 11.6 Å². The molecule has 3 rings (SSSR count). The van der Waals surface area contributed by atoms with Crippen LogP contribution in [0.4, 0.5) is 0 Å². The summed E-state index contributed by atoms with van der Waals surface area (Å²) in [6.07, 6.45) is 7.62. The Morgan fingerprint density at radius 3 is 2.72 bits per heavy atom. The van der Waals surface area contributed by atoms with Gasteiger partial charge in [0, 0.05) is 30.6 Å². The van der Waals surface area contributed by atoms with Crippen LogP contribution in [0.5, 0.6) is 0 Å². The van der Waals surface area contributed by atoms with E-state index in [0.29, 0.717) is 13.0 Å². The number of amides is 2. The average molecular weight is 363 g/mol. The first kappa shape index (κ1) is 18.2. The van der Waals surface area contributed by atoms with E-state index >= 15 is 0 Å². The maximum atomic E-state index is 12.8. The van der Waals surface area contributed by atoms with E-state index in [2.05, 4.69) is 0 Å². The molecule has 2 heterocycles. The van der Waals surface area contributed by atoms with Crippen molar-refractivity contribution in [1.82, 2.24) is 9.80 Å². The molecule has 0 spiro atoms. The van der Waals surface area contributed by atoms with E-state index in [1.807, 2.05) is 29.2 Å². The van der Waals surface area contributed by atoms with E-state index in [1.54, 1.807) is 4.90 Å². The SMILES string of the molecule is O=C1CCCCCCN1CC(=O)N1CCCC1Cc1ccccc1Cl. The second-order valence-electron chi connectivity index (χ2n) is 7.16. The minimum Gasteiger partial charge on any atom is -0.338 e. The molecule has 0 N–H and O–H groups in total. The fourth-order valence-electron chi connectivity index (χ4n) is 3.93. The van der Waals surface area contributed by atoms with Crippen molar-refractivity contribution < 1.29 is 9.59 Å². The van der Waals surface area contributed by atoms with Gasteiger partial charge in [-0.05, 0) is 43.7 Å². The smallest absolute Gasteiger partial charge is 0.242 e. The zero-order valence-electron chi connectivity index (χ0n) is 14.8. The van der Waals surface area contributed by atoms with E-state index in [0.717, 1.165) is 62.1 Å². The van der Waals surface area contributed by atoms with Crippen molar-refractivity contribution in [3.05, 3.63) is 34.9 Å². The first-order valence-electron chi connectivity index (χ1n) is 9.46. The third-order valence-corrected chi connectivity index (χ3v) is 5.73. The molecule has 1 aromatic rings. The summed E-state index contributed by atoms with van der Waals surface area (Å²) >= 11 is 6.28. The zero-order valence-corrected chi connectivity index (χ0v) is 15.5. The summed E-state index contributed by atoms with van der Waals surface area (Å²) in [5.74, 6) is 0.221. The van der Waals surface area contributed by atoms with Gasteiger partial charge in [0.15, 0.2) is 0 Å². The lowest BCUT2D eigenvalue weighted by Gasteiger charge is -2.30. The lowest BCUT2D eigenvalue weighted by molar-refractivity contribution is -0.141. The van der Waals surface area contributed by atoms with E-state index in [-0.39, 0.29) is 24.4 Å². The number of carbonyl (C=O) groups excluding carboxylic acids is 2. The molecule has 4 nitrogen and oxygen atoms in total. The highest BCUT2D eigenvalue weighted by Gasteiger charge is 2.31. The third kappa shape index (κ3) is 4.75. The molecule has 2 fully saturated rings. The fraction of sp³-hybridized carbons (Fsp3) is 0.600. The highest BCUT2D eigenvalue weighted by atomic mass is 35.5. The van der Waals surface area contributed by atoms with Crippen LogP contribution in [0, 0.1) is 0 Å². The summed E-state index contributed by atoms with van der Waals surface area (Å²) in [4.78, 5) is 28.9. The van der Waals surface area contributed by atoms with Crippen LogP contribution in [0.15, 0.2) is 24.3 Å². The Labute approximate surface area is 155 Å². The molecule has 1 aromatic carbocycles. The van der Waals surface area contributed by atoms with Gasteiger partial charge in [0.05, 0.1) is 6.54 Å². The number of rotatable bonds is 4. The second-order valence-corrected chi connectivity index (χ2v) is 7.57. The molecular weight excluding hydrogens is 336 g/mol. The van der Waals surface area contributed by atoms with Crippen LogP contribution in [0.3, 0.4) is 0 Å². The van der Waals surface area contributed by atoms with Crippen LogP contribution in [-0.4, -0.2) is 47.3 Å². The molecule has 0 radical (unpaired) electrons. The highest BCUT2D eigenvalue weighted by Crippen LogP contribution is 2.25. The van der Waals surface area contributed by atoms with Crippen molar-refractivity contribution in [2.45, 2.75) is 57.4 Å². The molecule has 1 atom stereocenters. The quantitative estimate of drug-likeness (QED) is 0.820. The van der Waals surface area contributed by atoms with Crippen molar-refractivity contribution >= 4 is 23.4 Å². The van der Waals surface area contributed by atoms with Gasteiger partial charge in [-0.15, -0.1) is 0 Å². The molecule has 5 heteroatoms. The molecule has 1 unspecified atom stereocenters. The largest absolute Gasteiger partial charge is 0.338 e. The lowest BCUT2D eigenvalue weighted by Crippen LogP contribution is -2.45. The maximum absolute atomic E-state index is 12.8. The number of carbonyl (C=O) groups is 2. The Kier molecular flexibility index (Phi) is 6.35. The molecule has 0 bridgehead atoms. The number of halogens is 1. The lowest BCUT2D eigenvalue weighted by atomic mass is 10.0. The standard InChI is InChI=1S/C20H27ClN2O2/c21-18-10-5-4-8-16(18)14-17-9-7-13-23(17)20(25)15-22-12-6-2-1-3-11-19(22)24/h4-5,8,10,17H,1-3,6-7,9,11-15H2. The van der Waals surface area contributed by atoms with Crippen LogP contribution in [-0.2, 0) is 16.0 Å². The molecule has 2 aliphatic heterocycles. The Morgan fingerprint density at radius 1 is 1.08 bits per heavy atom. The van der Waals surface area contributed by atoms with Crippen LogP contribution < -0.4 is 0 Å². The number of hydrogen-bond donors (Lipinski definition) is 0. The minimum atomic E-state index is 0.0866. The second kappa shape index (κ2) is 8.70. The molecule has 0 aliphatic carbocycles. The van der Waals surface area contributed by atoms with E-state index in [1.165, 1.54) is 0 Å². The van der Waals surface area contributed by atoms with Crippen LogP contribution in [0.1, 0.15) is 50.5 Å². The number of nitrogens with zero attached hydrogens (tertiary/aromatic N) is 2. The molecular formula is C20H27ClN2O2. The summed E-state index contributed by atoms with van der Waals surface area (Å²) in [7, 11) is 0. The van der Waals surface area contributed by atoms with Gasteiger partial charge < -0.3 is 9.80 Å². The molecule has 25 heavy (non-hydrogen) atoms. The zero-order chi connectivity index (χ0) is 17.6. The normalized spacial score (nSPS) is 22.0. The highest BCUT2D eigenvalue weighted by molar-refractivity contribution is 6.31. The van der Waals surface area contributed by atoms with Gasteiger partial charge in [-0.25, -0.2) is 0 Å². The predicted octanol–water partition coefficient (Wildman–Crippen LogP) is 3.67. The Hall–Kier alpha value is -1.55. The minimum absolute atomic E-state index is 0.0866. The van der Waals surface area contributed by atoms with Gasteiger partial charge in [-0.2, -0.15) is 0 Å². The van der Waals surface area contributed by atoms with E-state index < -0.39 is 0 Å². The average Bonchev–Trinajstić information content (AvgIpc) is 3.05. The van der Waals surface area contributed by atoms with Crippen molar-refractivity contribution in [2.24, 2.45) is 0 Å². The summed E-state index contributed by atoms with van der Waals surface area (Å²) in [6.45, 7) is 1.74. The third-order valence-electron chi connectivity index (χ3n) is 5.36. The molecule has 2 saturated heterocycles. The number of likely N-dealkylation sites (tertiary alicyclic amines) is 2. The fourth-order valence-corrected chi connectivity index (χ4v) is 4.14. The summed E-state index contributed by atoms with van der Waals surface area (Å²) in [6, 6.07) is 8.04. The van der Waals surface area contributed by atoms with Crippen molar-refractivity contribution in [3.63, 3.8) is 0 Å². The van der Waals surface area contributed by atoms with Gasteiger partial charge in [-0.1, -0.05) is 42.6 Å². The molecule has 0 saturated carbocycles. The van der Waals surface area contributed by atoms with Gasteiger partial charge >= 0.3 is 0 Å². The number of hydrogen-bond acceptors (Lipinski definition) is 2. The maximum Gasteiger partial charge on any atom is 0.242 e. The van der Waals surface area contributed by atoms with Crippen molar-refractivity contribution in [1.29, 1.82) is 0 Å². The van der Waals surface area contributed by atoms with Crippen LogP contribution in [0.2, 0.25) is 5.02 Å². The Bertz CT molecular complexity index is 619. The first-order valence-corrected chi connectivity index (χ1v) is 9.83. The van der Waals surface area contributed by atoms with Crippen molar-refractivity contribution in [2.75, 3.05) is 19.6 Å².